The number of benzene rings is 2. The molecule has 1 fully saturated rings. The van der Waals surface area contributed by atoms with E-state index in [2.05, 4.69) is 35.7 Å². The van der Waals surface area contributed by atoms with Crippen LogP contribution in [0.5, 0.6) is 0 Å². The fourth-order valence-electron chi connectivity index (χ4n) is 3.31. The first-order valence-corrected chi connectivity index (χ1v) is 8.74. The van der Waals surface area contributed by atoms with E-state index in [-0.39, 0.29) is 5.91 Å². The Balaban J connectivity index is 1.46. The van der Waals surface area contributed by atoms with Gasteiger partial charge in [0.1, 0.15) is 38.8 Å². The second kappa shape index (κ2) is 8.43. The maximum Gasteiger partial charge on any atom is 0.279 e. The largest absolute Gasteiger partial charge is 0.322 e. The Bertz CT molecular complexity index is 746. The highest BCUT2D eigenvalue weighted by atomic mass is 16.2. The summed E-state index contributed by atoms with van der Waals surface area (Å²) in [5.74, 6) is -0.0239. The van der Waals surface area contributed by atoms with Crippen molar-refractivity contribution in [3.8, 4) is 6.07 Å². The number of carbonyl (C=O) groups is 1. The zero-order valence-corrected chi connectivity index (χ0v) is 14.3. The second-order valence-electron chi connectivity index (χ2n) is 6.54. The Hall–Kier alpha value is -2.68. The van der Waals surface area contributed by atoms with Crippen molar-refractivity contribution in [3.05, 3.63) is 65.7 Å². The predicted octanol–water partition coefficient (Wildman–Crippen LogP) is -0.520. The minimum absolute atomic E-state index is 0.0239. The molecule has 2 aromatic carbocycles. The van der Waals surface area contributed by atoms with Crippen molar-refractivity contribution in [2.24, 2.45) is 0 Å². The molecule has 1 heterocycles. The topological polar surface area (TPSA) is 61.8 Å². The minimum atomic E-state index is -0.0239. The first-order valence-electron chi connectivity index (χ1n) is 8.74. The Morgan fingerprint density at radius 1 is 0.960 bits per heavy atom. The third kappa shape index (κ3) is 4.90. The third-order valence-electron chi connectivity index (χ3n) is 4.69. The molecule has 5 nitrogen and oxygen atoms in total. The molecule has 0 aliphatic carbocycles. The quantitative estimate of drug-likeness (QED) is 0.688. The predicted molar refractivity (Wildman–Crippen MR) is 96.2 cm³/mol. The smallest absolute Gasteiger partial charge is 0.279 e. The van der Waals surface area contributed by atoms with Crippen LogP contribution in [0, 0.1) is 11.3 Å². The molecule has 5 heteroatoms. The van der Waals surface area contributed by atoms with Crippen molar-refractivity contribution in [3.63, 3.8) is 0 Å². The summed E-state index contributed by atoms with van der Waals surface area (Å²) < 4.78 is 0. The lowest BCUT2D eigenvalue weighted by Crippen LogP contribution is -3.28. The Morgan fingerprint density at radius 3 is 2.32 bits per heavy atom. The van der Waals surface area contributed by atoms with E-state index in [0.717, 1.165) is 32.7 Å². The van der Waals surface area contributed by atoms with Crippen molar-refractivity contribution in [1.82, 2.24) is 0 Å². The number of rotatable bonds is 5. The number of carbonyl (C=O) groups excluding carboxylic acids is 1. The summed E-state index contributed by atoms with van der Waals surface area (Å²) >= 11 is 0. The van der Waals surface area contributed by atoms with Crippen molar-refractivity contribution < 1.29 is 14.6 Å². The molecule has 0 spiro atoms. The van der Waals surface area contributed by atoms with Gasteiger partial charge >= 0.3 is 0 Å². The summed E-state index contributed by atoms with van der Waals surface area (Å²) in [4.78, 5) is 15.2. The van der Waals surface area contributed by atoms with Crippen molar-refractivity contribution in [1.29, 1.82) is 5.26 Å². The van der Waals surface area contributed by atoms with Gasteiger partial charge in [0.25, 0.3) is 5.91 Å². The molecule has 0 bridgehead atoms. The molecule has 128 valence electrons. The number of para-hydroxylation sites is 1. The van der Waals surface area contributed by atoms with E-state index in [1.54, 1.807) is 23.1 Å². The van der Waals surface area contributed by atoms with Gasteiger partial charge < -0.3 is 15.1 Å². The molecule has 0 aromatic heterocycles. The fraction of sp³-hybridized carbons (Fsp3) is 0.300. The van der Waals surface area contributed by atoms with Crippen LogP contribution in [0.2, 0.25) is 0 Å². The monoisotopic (exact) mass is 336 g/mol. The van der Waals surface area contributed by atoms with E-state index in [0.29, 0.717) is 17.8 Å². The maximum absolute atomic E-state index is 12.3. The van der Waals surface area contributed by atoms with Crippen molar-refractivity contribution in [2.45, 2.75) is 6.54 Å². The molecular formula is C20H24N4O+2. The highest BCUT2D eigenvalue weighted by Crippen LogP contribution is 2.12. The summed E-state index contributed by atoms with van der Waals surface area (Å²) in [6.07, 6.45) is 0. The molecule has 1 aliphatic rings. The summed E-state index contributed by atoms with van der Waals surface area (Å²) in [7, 11) is 0. The lowest BCUT2D eigenvalue weighted by molar-refractivity contribution is -1.02. The van der Waals surface area contributed by atoms with Crippen molar-refractivity contribution in [2.75, 3.05) is 38.0 Å². The number of quaternary nitrogens is 2. The van der Waals surface area contributed by atoms with Crippen molar-refractivity contribution >= 4 is 11.6 Å². The highest BCUT2D eigenvalue weighted by molar-refractivity contribution is 5.92. The number of amides is 1. The average Bonchev–Trinajstić information content (AvgIpc) is 2.64. The number of nitrogens with zero attached hydrogens (tertiary/aromatic N) is 1. The van der Waals surface area contributed by atoms with Gasteiger partial charge in [0.05, 0.1) is 11.3 Å². The van der Waals surface area contributed by atoms with Crippen LogP contribution in [-0.4, -0.2) is 38.6 Å². The zero-order valence-electron chi connectivity index (χ0n) is 14.3. The molecule has 0 unspecified atom stereocenters. The number of piperazine rings is 1. The standard InChI is InChI=1S/C20H22N4O/c21-14-18-8-4-5-9-19(18)22-20(25)16-24-12-10-23(11-13-24)15-17-6-2-1-3-7-17/h1-9H,10-13,15-16H2,(H,22,25)/p+2. The number of nitriles is 1. The second-order valence-corrected chi connectivity index (χ2v) is 6.54. The van der Waals surface area contributed by atoms with Gasteiger partial charge in [-0.15, -0.1) is 0 Å². The van der Waals surface area contributed by atoms with Crippen LogP contribution in [0.4, 0.5) is 5.69 Å². The molecule has 0 radical (unpaired) electrons. The van der Waals surface area contributed by atoms with Crippen LogP contribution in [-0.2, 0) is 11.3 Å². The molecule has 1 amide bonds. The molecule has 2 aromatic rings. The maximum atomic E-state index is 12.3. The molecule has 1 saturated heterocycles. The van der Waals surface area contributed by atoms with E-state index in [1.807, 2.05) is 12.1 Å². The van der Waals surface area contributed by atoms with Crippen LogP contribution in [0.3, 0.4) is 0 Å². The number of anilines is 1. The molecule has 3 rings (SSSR count). The Morgan fingerprint density at radius 2 is 1.60 bits per heavy atom. The van der Waals surface area contributed by atoms with Gasteiger partial charge in [-0.25, -0.2) is 0 Å². The van der Waals surface area contributed by atoms with E-state index in [4.69, 9.17) is 5.26 Å². The summed E-state index contributed by atoms with van der Waals surface area (Å²) in [6, 6.07) is 19.8. The Labute approximate surface area is 148 Å². The fourth-order valence-corrected chi connectivity index (χ4v) is 3.31. The van der Waals surface area contributed by atoms with Gasteiger partial charge in [-0.05, 0) is 12.1 Å². The summed E-state index contributed by atoms with van der Waals surface area (Å²) in [5, 5.41) is 12.0. The van der Waals surface area contributed by atoms with Gasteiger partial charge in [0, 0.05) is 5.56 Å². The van der Waals surface area contributed by atoms with Gasteiger partial charge in [-0.3, -0.25) is 4.79 Å². The SMILES string of the molecule is N#Cc1ccccc1NC(=O)C[NH+]1CC[NH+](Cc2ccccc2)CC1. The van der Waals surface area contributed by atoms with Crippen LogP contribution in [0.15, 0.2) is 54.6 Å². The average molecular weight is 336 g/mol. The van der Waals surface area contributed by atoms with E-state index in [1.165, 1.54) is 10.5 Å². The molecule has 25 heavy (non-hydrogen) atoms. The number of hydrogen-bond acceptors (Lipinski definition) is 2. The normalized spacial score (nSPS) is 19.8. The van der Waals surface area contributed by atoms with Gasteiger partial charge in [-0.2, -0.15) is 5.26 Å². The Kier molecular flexibility index (Phi) is 5.78. The van der Waals surface area contributed by atoms with Crippen LogP contribution in [0.1, 0.15) is 11.1 Å². The molecule has 0 saturated carbocycles. The van der Waals surface area contributed by atoms with Gasteiger partial charge in [0.2, 0.25) is 0 Å². The van der Waals surface area contributed by atoms with E-state index in [9.17, 15) is 4.79 Å². The molecular weight excluding hydrogens is 312 g/mol. The highest BCUT2D eigenvalue weighted by Gasteiger charge is 2.25. The third-order valence-corrected chi connectivity index (χ3v) is 4.69. The van der Waals surface area contributed by atoms with E-state index < -0.39 is 0 Å². The minimum Gasteiger partial charge on any atom is -0.322 e. The van der Waals surface area contributed by atoms with Crippen LogP contribution >= 0.6 is 0 Å². The summed E-state index contributed by atoms with van der Waals surface area (Å²) in [6.45, 7) is 5.65. The van der Waals surface area contributed by atoms with Gasteiger partial charge in [0.15, 0.2) is 6.54 Å². The molecule has 3 N–H and O–H groups in total. The number of hydrogen-bond donors (Lipinski definition) is 3. The molecule has 0 atom stereocenters. The lowest BCUT2D eigenvalue weighted by Gasteiger charge is -2.29. The molecule has 1 aliphatic heterocycles. The van der Waals surface area contributed by atoms with E-state index >= 15 is 0 Å². The van der Waals surface area contributed by atoms with Gasteiger partial charge in [-0.1, -0.05) is 42.5 Å². The summed E-state index contributed by atoms with van der Waals surface area (Å²) in [5.41, 5.74) is 2.47. The first kappa shape index (κ1) is 17.2. The first-order chi connectivity index (χ1) is 12.2. The zero-order chi connectivity index (χ0) is 17.5. The lowest BCUT2D eigenvalue weighted by atomic mass is 10.2. The van der Waals surface area contributed by atoms with Crippen LogP contribution < -0.4 is 15.1 Å². The number of nitrogens with one attached hydrogen (secondary N) is 3. The van der Waals surface area contributed by atoms with Crippen LogP contribution in [0.25, 0.3) is 0 Å².